The van der Waals surface area contributed by atoms with Crippen LogP contribution in [0.1, 0.15) is 17.5 Å². The van der Waals surface area contributed by atoms with Crippen molar-refractivity contribution in [1.29, 1.82) is 0 Å². The van der Waals surface area contributed by atoms with E-state index in [1.165, 1.54) is 11.0 Å². The lowest BCUT2D eigenvalue weighted by molar-refractivity contribution is -0.385. The molecule has 1 atom stereocenters. The highest BCUT2D eigenvalue weighted by atomic mass is 16.6. The fourth-order valence-corrected chi connectivity index (χ4v) is 3.69. The normalized spacial score (nSPS) is 15.4. The van der Waals surface area contributed by atoms with Crippen LogP contribution in [0.15, 0.2) is 66.7 Å². The Balaban J connectivity index is 1.39. The molecule has 168 valence electrons. The van der Waals surface area contributed by atoms with Crippen LogP contribution in [0.5, 0.6) is 11.5 Å². The first kappa shape index (κ1) is 22.0. The zero-order chi connectivity index (χ0) is 23.5. The first-order valence-corrected chi connectivity index (χ1v) is 10.5. The molecule has 0 bridgehead atoms. The van der Waals surface area contributed by atoms with Gasteiger partial charge in [-0.05, 0) is 56.3 Å². The van der Waals surface area contributed by atoms with Gasteiger partial charge in [-0.15, -0.1) is 0 Å². The Morgan fingerprint density at radius 3 is 2.30 bits per heavy atom. The SMILES string of the molecule is Cc1ccc(Oc2ccc(NC(=O)[C@H]3CC(=O)N(c4ccc(C)c([N+](=O)[O-])c4)C3)cc2)cc1. The molecule has 1 saturated heterocycles. The summed E-state index contributed by atoms with van der Waals surface area (Å²) < 4.78 is 5.79. The molecule has 3 aromatic rings. The topological polar surface area (TPSA) is 102 Å². The molecule has 0 spiro atoms. The Labute approximate surface area is 190 Å². The smallest absolute Gasteiger partial charge is 0.274 e. The molecule has 0 aliphatic carbocycles. The van der Waals surface area contributed by atoms with Crippen molar-refractivity contribution in [3.8, 4) is 11.5 Å². The van der Waals surface area contributed by atoms with Crippen LogP contribution in [0.25, 0.3) is 0 Å². The second kappa shape index (κ2) is 9.12. The highest BCUT2D eigenvalue weighted by Crippen LogP contribution is 2.31. The number of nitrogens with zero attached hydrogens (tertiary/aromatic N) is 2. The number of nitro benzene ring substituents is 1. The molecule has 0 aromatic heterocycles. The highest BCUT2D eigenvalue weighted by molar-refractivity contribution is 6.03. The maximum absolute atomic E-state index is 12.7. The molecule has 1 aliphatic heterocycles. The fourth-order valence-electron chi connectivity index (χ4n) is 3.69. The summed E-state index contributed by atoms with van der Waals surface area (Å²) in [6.07, 6.45) is 0.0438. The van der Waals surface area contributed by atoms with Crippen LogP contribution >= 0.6 is 0 Å². The number of ether oxygens (including phenoxy) is 1. The van der Waals surface area contributed by atoms with Gasteiger partial charge >= 0.3 is 0 Å². The first-order valence-electron chi connectivity index (χ1n) is 10.5. The van der Waals surface area contributed by atoms with Gasteiger partial charge in [-0.2, -0.15) is 0 Å². The number of rotatable bonds is 6. The van der Waals surface area contributed by atoms with Crippen LogP contribution in [0, 0.1) is 29.9 Å². The molecular formula is C25H23N3O5. The number of amides is 2. The highest BCUT2D eigenvalue weighted by Gasteiger charge is 2.35. The van der Waals surface area contributed by atoms with E-state index >= 15 is 0 Å². The molecule has 33 heavy (non-hydrogen) atoms. The van der Waals surface area contributed by atoms with E-state index in [1.54, 1.807) is 43.3 Å². The van der Waals surface area contributed by atoms with Gasteiger partial charge in [0.25, 0.3) is 5.69 Å². The van der Waals surface area contributed by atoms with Crippen LogP contribution < -0.4 is 15.0 Å². The van der Waals surface area contributed by atoms with Crippen LogP contribution in [0.4, 0.5) is 17.1 Å². The Kier molecular flexibility index (Phi) is 6.08. The number of benzene rings is 3. The third kappa shape index (κ3) is 5.01. The van der Waals surface area contributed by atoms with Crippen LogP contribution in [-0.4, -0.2) is 23.3 Å². The molecule has 1 heterocycles. The van der Waals surface area contributed by atoms with Crippen molar-refractivity contribution >= 4 is 28.9 Å². The van der Waals surface area contributed by atoms with E-state index in [-0.39, 0.29) is 30.5 Å². The summed E-state index contributed by atoms with van der Waals surface area (Å²) >= 11 is 0. The summed E-state index contributed by atoms with van der Waals surface area (Å²) in [7, 11) is 0. The molecule has 1 fully saturated rings. The number of carbonyl (C=O) groups excluding carboxylic acids is 2. The van der Waals surface area contributed by atoms with Crippen molar-refractivity contribution in [1.82, 2.24) is 0 Å². The Bertz CT molecular complexity index is 1210. The van der Waals surface area contributed by atoms with Gasteiger partial charge < -0.3 is 15.0 Å². The maximum Gasteiger partial charge on any atom is 0.274 e. The summed E-state index contributed by atoms with van der Waals surface area (Å²) in [5.41, 5.74) is 2.61. The molecular weight excluding hydrogens is 422 g/mol. The minimum Gasteiger partial charge on any atom is -0.457 e. The number of carbonyl (C=O) groups is 2. The fraction of sp³-hybridized carbons (Fsp3) is 0.200. The average molecular weight is 445 g/mol. The van der Waals surface area contributed by atoms with Crippen LogP contribution in [0.3, 0.4) is 0 Å². The quantitative estimate of drug-likeness (QED) is 0.425. The monoisotopic (exact) mass is 445 g/mol. The molecule has 4 rings (SSSR count). The van der Waals surface area contributed by atoms with E-state index in [2.05, 4.69) is 5.32 Å². The summed E-state index contributed by atoms with van der Waals surface area (Å²) in [6, 6.07) is 19.3. The molecule has 2 amide bonds. The molecule has 0 saturated carbocycles. The van der Waals surface area contributed by atoms with Gasteiger partial charge in [0.05, 0.1) is 16.5 Å². The van der Waals surface area contributed by atoms with Crippen molar-refractivity contribution in [2.24, 2.45) is 5.92 Å². The van der Waals surface area contributed by atoms with E-state index in [0.29, 0.717) is 22.7 Å². The van der Waals surface area contributed by atoms with E-state index in [4.69, 9.17) is 4.74 Å². The van der Waals surface area contributed by atoms with Crippen molar-refractivity contribution in [2.45, 2.75) is 20.3 Å². The van der Waals surface area contributed by atoms with Gasteiger partial charge in [-0.25, -0.2) is 0 Å². The lowest BCUT2D eigenvalue weighted by atomic mass is 10.1. The standard InChI is InChI=1S/C25H23N3O5/c1-16-3-9-21(10-4-16)33-22-11-6-19(7-12-22)26-25(30)18-13-24(29)27(15-18)20-8-5-17(2)23(14-20)28(31)32/h3-12,14,18H,13,15H2,1-2H3,(H,26,30)/t18-/m0/s1. The predicted molar refractivity (Wildman–Crippen MR) is 125 cm³/mol. The van der Waals surface area contributed by atoms with Gasteiger partial charge in [0.15, 0.2) is 0 Å². The Hall–Kier alpha value is -4.20. The molecule has 8 heteroatoms. The summed E-state index contributed by atoms with van der Waals surface area (Å²) in [4.78, 5) is 37.4. The van der Waals surface area contributed by atoms with Gasteiger partial charge in [0.2, 0.25) is 11.8 Å². The largest absolute Gasteiger partial charge is 0.457 e. The van der Waals surface area contributed by atoms with Gasteiger partial charge in [-0.1, -0.05) is 23.8 Å². The van der Waals surface area contributed by atoms with Crippen molar-refractivity contribution in [3.05, 3.63) is 88.0 Å². The third-order valence-corrected chi connectivity index (χ3v) is 5.58. The lowest BCUT2D eigenvalue weighted by Crippen LogP contribution is -2.28. The lowest BCUT2D eigenvalue weighted by Gasteiger charge is -2.17. The van der Waals surface area contributed by atoms with Gasteiger partial charge in [-0.3, -0.25) is 19.7 Å². The maximum atomic E-state index is 12.7. The molecule has 3 aromatic carbocycles. The van der Waals surface area contributed by atoms with Crippen molar-refractivity contribution < 1.29 is 19.2 Å². The summed E-state index contributed by atoms with van der Waals surface area (Å²) in [5.74, 6) is 0.287. The third-order valence-electron chi connectivity index (χ3n) is 5.58. The number of nitro groups is 1. The van der Waals surface area contributed by atoms with Gasteiger partial charge in [0, 0.05) is 30.3 Å². The van der Waals surface area contributed by atoms with Crippen molar-refractivity contribution in [2.75, 3.05) is 16.8 Å². The van der Waals surface area contributed by atoms with Crippen LogP contribution in [-0.2, 0) is 9.59 Å². The Morgan fingerprint density at radius 2 is 1.67 bits per heavy atom. The first-order chi connectivity index (χ1) is 15.8. The number of nitrogens with one attached hydrogen (secondary N) is 1. The molecule has 8 nitrogen and oxygen atoms in total. The van der Waals surface area contributed by atoms with E-state index in [0.717, 1.165) is 11.3 Å². The number of hydrogen-bond acceptors (Lipinski definition) is 5. The van der Waals surface area contributed by atoms with Gasteiger partial charge in [0.1, 0.15) is 11.5 Å². The van der Waals surface area contributed by atoms with E-state index < -0.39 is 10.8 Å². The summed E-state index contributed by atoms with van der Waals surface area (Å²) in [6.45, 7) is 3.81. The number of anilines is 2. The predicted octanol–water partition coefficient (Wildman–Crippen LogP) is 5.00. The average Bonchev–Trinajstić information content (AvgIpc) is 3.18. The molecule has 1 N–H and O–H groups in total. The molecule has 0 radical (unpaired) electrons. The number of aryl methyl sites for hydroxylation is 2. The zero-order valence-corrected chi connectivity index (χ0v) is 18.3. The molecule has 1 aliphatic rings. The van der Waals surface area contributed by atoms with Crippen molar-refractivity contribution in [3.63, 3.8) is 0 Å². The minimum absolute atomic E-state index is 0.0438. The Morgan fingerprint density at radius 1 is 1.03 bits per heavy atom. The van der Waals surface area contributed by atoms with E-state index in [1.807, 2.05) is 31.2 Å². The van der Waals surface area contributed by atoms with Crippen LogP contribution in [0.2, 0.25) is 0 Å². The van der Waals surface area contributed by atoms with E-state index in [9.17, 15) is 19.7 Å². The second-order valence-electron chi connectivity index (χ2n) is 8.06. The zero-order valence-electron chi connectivity index (χ0n) is 18.3. The minimum atomic E-state index is -0.554. The second-order valence-corrected chi connectivity index (χ2v) is 8.06. The number of hydrogen-bond donors (Lipinski definition) is 1. The summed E-state index contributed by atoms with van der Waals surface area (Å²) in [5, 5.41) is 14.0. The molecule has 0 unspecified atom stereocenters.